The molecule has 0 saturated carbocycles. The summed E-state index contributed by atoms with van der Waals surface area (Å²) in [5.41, 5.74) is 9.49. The number of methoxy groups -OCH3 is 1. The van der Waals surface area contributed by atoms with Crippen LogP contribution in [0.5, 0.6) is 5.75 Å². The third-order valence-corrected chi connectivity index (χ3v) is 3.77. The molecule has 0 bridgehead atoms. The van der Waals surface area contributed by atoms with E-state index < -0.39 is 0 Å². The maximum Gasteiger partial charge on any atom is 0.132 e. The Morgan fingerprint density at radius 3 is 3.15 bits per heavy atom. The summed E-state index contributed by atoms with van der Waals surface area (Å²) in [6, 6.07) is 8.12. The number of aryl methyl sites for hydroxylation is 1. The van der Waals surface area contributed by atoms with E-state index in [1.54, 1.807) is 7.11 Å². The maximum absolute atomic E-state index is 6.09. The first-order chi connectivity index (χ1) is 9.76. The number of benzene rings is 1. The van der Waals surface area contributed by atoms with Crippen molar-refractivity contribution in [2.45, 2.75) is 31.7 Å². The van der Waals surface area contributed by atoms with Gasteiger partial charge in [-0.25, -0.2) is 9.97 Å². The van der Waals surface area contributed by atoms with Gasteiger partial charge in [0.15, 0.2) is 0 Å². The molecule has 0 fully saturated rings. The summed E-state index contributed by atoms with van der Waals surface area (Å²) in [6.07, 6.45) is 5.79. The highest BCUT2D eigenvalue weighted by molar-refractivity contribution is 5.31. The van der Waals surface area contributed by atoms with Crippen LogP contribution < -0.4 is 10.5 Å². The lowest BCUT2D eigenvalue weighted by Crippen LogP contribution is -2.19. The van der Waals surface area contributed by atoms with Gasteiger partial charge in [0, 0.05) is 29.9 Å². The first-order valence-corrected chi connectivity index (χ1v) is 6.99. The summed E-state index contributed by atoms with van der Waals surface area (Å²) >= 11 is 0. The second-order valence-corrected chi connectivity index (χ2v) is 5.22. The van der Waals surface area contributed by atoms with Crippen LogP contribution in [-0.2, 0) is 12.8 Å². The van der Waals surface area contributed by atoms with Gasteiger partial charge in [-0.3, -0.25) is 0 Å². The van der Waals surface area contributed by atoms with E-state index in [1.807, 2.05) is 24.4 Å². The highest BCUT2D eigenvalue weighted by Gasteiger charge is 2.18. The molecule has 0 amide bonds. The lowest BCUT2D eigenvalue weighted by atomic mass is 9.93. The summed E-state index contributed by atoms with van der Waals surface area (Å²) in [4.78, 5) is 9.14. The molecule has 0 saturated heterocycles. The summed E-state index contributed by atoms with van der Waals surface area (Å²) in [7, 11) is 1.68. The maximum atomic E-state index is 6.09. The molecule has 4 nitrogen and oxygen atoms in total. The number of aromatic nitrogens is 2. The van der Waals surface area contributed by atoms with Crippen molar-refractivity contribution >= 4 is 0 Å². The lowest BCUT2D eigenvalue weighted by molar-refractivity contribution is 0.414. The number of nitrogens with two attached hydrogens (primary N) is 1. The summed E-state index contributed by atoms with van der Waals surface area (Å²) in [5, 5.41) is 0. The average molecular weight is 269 g/mol. The molecular weight excluding hydrogens is 250 g/mol. The molecule has 1 atom stereocenters. The molecular formula is C16H19N3O. The molecule has 20 heavy (non-hydrogen) atoms. The van der Waals surface area contributed by atoms with Gasteiger partial charge >= 0.3 is 0 Å². The highest BCUT2D eigenvalue weighted by atomic mass is 16.5. The van der Waals surface area contributed by atoms with Gasteiger partial charge in [-0.2, -0.15) is 0 Å². The molecule has 0 aliphatic heterocycles. The van der Waals surface area contributed by atoms with Crippen molar-refractivity contribution in [3.05, 3.63) is 53.1 Å². The Bertz CT molecular complexity index is 612. The lowest BCUT2D eigenvalue weighted by Gasteiger charge is -2.21. The minimum Gasteiger partial charge on any atom is -0.497 e. The Morgan fingerprint density at radius 2 is 2.30 bits per heavy atom. The van der Waals surface area contributed by atoms with Crippen molar-refractivity contribution in [1.82, 2.24) is 9.97 Å². The third kappa shape index (κ3) is 2.65. The molecule has 1 aliphatic carbocycles. The van der Waals surface area contributed by atoms with Crippen LogP contribution in [0.15, 0.2) is 30.5 Å². The van der Waals surface area contributed by atoms with Gasteiger partial charge in [0.05, 0.1) is 7.11 Å². The van der Waals surface area contributed by atoms with Crippen LogP contribution in [0.1, 0.15) is 41.5 Å². The SMILES string of the molecule is COc1cccc(Cc2ncc3c(n2)CCCC3N)c1. The van der Waals surface area contributed by atoms with E-state index in [0.717, 1.165) is 54.1 Å². The number of hydrogen-bond donors (Lipinski definition) is 1. The fourth-order valence-corrected chi connectivity index (χ4v) is 2.67. The molecule has 4 heteroatoms. The number of hydrogen-bond acceptors (Lipinski definition) is 4. The summed E-state index contributed by atoms with van der Waals surface area (Å²) in [6.45, 7) is 0. The predicted molar refractivity (Wildman–Crippen MR) is 77.7 cm³/mol. The Balaban J connectivity index is 1.84. The van der Waals surface area contributed by atoms with Crippen LogP contribution in [0.2, 0.25) is 0 Å². The van der Waals surface area contributed by atoms with Crippen molar-refractivity contribution in [1.29, 1.82) is 0 Å². The van der Waals surface area contributed by atoms with Crippen molar-refractivity contribution in [3.63, 3.8) is 0 Å². The van der Waals surface area contributed by atoms with Crippen LogP contribution >= 0.6 is 0 Å². The Hall–Kier alpha value is -1.94. The molecule has 1 aromatic carbocycles. The minimum absolute atomic E-state index is 0.101. The van der Waals surface area contributed by atoms with E-state index in [0.29, 0.717) is 0 Å². The van der Waals surface area contributed by atoms with Crippen molar-refractivity contribution in [2.75, 3.05) is 7.11 Å². The molecule has 1 unspecified atom stereocenters. The van der Waals surface area contributed by atoms with Gasteiger partial charge in [-0.05, 0) is 37.0 Å². The molecule has 2 N–H and O–H groups in total. The number of rotatable bonds is 3. The van der Waals surface area contributed by atoms with Crippen LogP contribution in [0.25, 0.3) is 0 Å². The van der Waals surface area contributed by atoms with Gasteiger partial charge in [-0.15, -0.1) is 0 Å². The normalized spacial score (nSPS) is 17.6. The number of ether oxygens (including phenoxy) is 1. The molecule has 0 radical (unpaired) electrons. The molecule has 1 heterocycles. The minimum atomic E-state index is 0.101. The van der Waals surface area contributed by atoms with Gasteiger partial charge in [0.2, 0.25) is 0 Å². The average Bonchev–Trinajstić information content (AvgIpc) is 2.47. The van der Waals surface area contributed by atoms with Crippen molar-refractivity contribution < 1.29 is 4.74 Å². The fraction of sp³-hybridized carbons (Fsp3) is 0.375. The van der Waals surface area contributed by atoms with Crippen LogP contribution in [0.4, 0.5) is 0 Å². The molecule has 1 aliphatic rings. The number of fused-ring (bicyclic) bond motifs is 1. The fourth-order valence-electron chi connectivity index (χ4n) is 2.67. The van der Waals surface area contributed by atoms with Crippen molar-refractivity contribution in [3.8, 4) is 5.75 Å². The van der Waals surface area contributed by atoms with Crippen LogP contribution in [0.3, 0.4) is 0 Å². The second-order valence-electron chi connectivity index (χ2n) is 5.22. The Kier molecular flexibility index (Phi) is 3.65. The van der Waals surface area contributed by atoms with E-state index >= 15 is 0 Å². The largest absolute Gasteiger partial charge is 0.497 e. The first-order valence-electron chi connectivity index (χ1n) is 6.99. The molecule has 3 rings (SSSR count). The van der Waals surface area contributed by atoms with E-state index in [9.17, 15) is 0 Å². The number of nitrogens with zero attached hydrogens (tertiary/aromatic N) is 2. The van der Waals surface area contributed by atoms with Crippen molar-refractivity contribution in [2.24, 2.45) is 5.73 Å². The molecule has 1 aromatic heterocycles. The third-order valence-electron chi connectivity index (χ3n) is 3.77. The van der Waals surface area contributed by atoms with E-state index in [1.165, 1.54) is 0 Å². The quantitative estimate of drug-likeness (QED) is 0.929. The Morgan fingerprint density at radius 1 is 1.40 bits per heavy atom. The van der Waals surface area contributed by atoms with Crippen LogP contribution in [0, 0.1) is 0 Å². The first kappa shape index (κ1) is 13.1. The second kappa shape index (κ2) is 5.59. The van der Waals surface area contributed by atoms with E-state index in [-0.39, 0.29) is 6.04 Å². The molecule has 0 spiro atoms. The van der Waals surface area contributed by atoms with Gasteiger partial charge in [-0.1, -0.05) is 12.1 Å². The zero-order chi connectivity index (χ0) is 13.9. The Labute approximate surface area is 119 Å². The topological polar surface area (TPSA) is 61.0 Å². The molecule has 104 valence electrons. The van der Waals surface area contributed by atoms with Gasteiger partial charge in [0.1, 0.15) is 11.6 Å². The van der Waals surface area contributed by atoms with Crippen LogP contribution in [-0.4, -0.2) is 17.1 Å². The highest BCUT2D eigenvalue weighted by Crippen LogP contribution is 2.26. The van der Waals surface area contributed by atoms with Gasteiger partial charge < -0.3 is 10.5 Å². The van der Waals surface area contributed by atoms with Gasteiger partial charge in [0.25, 0.3) is 0 Å². The monoisotopic (exact) mass is 269 g/mol. The van der Waals surface area contributed by atoms with E-state index in [2.05, 4.69) is 16.0 Å². The standard InChI is InChI=1S/C16H19N3O/c1-20-12-5-2-4-11(8-12)9-16-18-10-13-14(17)6-3-7-15(13)19-16/h2,4-5,8,10,14H,3,6-7,9,17H2,1H3. The smallest absolute Gasteiger partial charge is 0.132 e. The molecule has 2 aromatic rings. The summed E-state index contributed by atoms with van der Waals surface area (Å²) in [5.74, 6) is 1.72. The van der Waals surface area contributed by atoms with E-state index in [4.69, 9.17) is 10.5 Å². The summed E-state index contributed by atoms with van der Waals surface area (Å²) < 4.78 is 5.24. The zero-order valence-corrected chi connectivity index (χ0v) is 11.7. The zero-order valence-electron chi connectivity index (χ0n) is 11.7. The predicted octanol–water partition coefficient (Wildman–Crippen LogP) is 2.41.